The van der Waals surface area contributed by atoms with Crippen molar-refractivity contribution >= 4 is 28.3 Å². The highest BCUT2D eigenvalue weighted by Crippen LogP contribution is 2.51. The number of hydrogen-bond acceptors (Lipinski definition) is 4. The van der Waals surface area contributed by atoms with E-state index in [4.69, 9.17) is 26.3 Å². The molecule has 5 unspecified atom stereocenters. The van der Waals surface area contributed by atoms with Crippen LogP contribution < -0.4 is 9.64 Å². The van der Waals surface area contributed by atoms with Crippen molar-refractivity contribution in [2.24, 2.45) is 23.7 Å². The van der Waals surface area contributed by atoms with Gasteiger partial charge in [-0.3, -0.25) is 4.98 Å². The average Bonchev–Trinajstić information content (AvgIpc) is 3.49. The Morgan fingerprint density at radius 2 is 1.91 bits per heavy atom. The van der Waals surface area contributed by atoms with E-state index in [1.165, 1.54) is 37.8 Å². The number of halogens is 1. The minimum atomic E-state index is 0.293. The summed E-state index contributed by atoms with van der Waals surface area (Å²) in [6, 6.07) is 8.15. The maximum absolute atomic E-state index is 6.64. The van der Waals surface area contributed by atoms with Gasteiger partial charge in [-0.25, -0.2) is 4.98 Å². The van der Waals surface area contributed by atoms with Crippen LogP contribution in [0.5, 0.6) is 5.88 Å². The van der Waals surface area contributed by atoms with Gasteiger partial charge in [-0.1, -0.05) is 31.9 Å². The zero-order valence-electron chi connectivity index (χ0n) is 19.6. The molecule has 0 amide bonds. The second kappa shape index (κ2) is 8.50. The number of ether oxygens (including phenoxy) is 1. The highest BCUT2D eigenvalue weighted by atomic mass is 35.5. The third-order valence-electron chi connectivity index (χ3n) is 8.37. The van der Waals surface area contributed by atoms with Crippen LogP contribution >= 0.6 is 11.6 Å². The van der Waals surface area contributed by atoms with Crippen LogP contribution in [0.15, 0.2) is 30.5 Å². The number of fused-ring (bicyclic) bond motifs is 2. The predicted octanol–water partition coefficient (Wildman–Crippen LogP) is 6.72. The van der Waals surface area contributed by atoms with Crippen LogP contribution in [0.25, 0.3) is 22.4 Å². The monoisotopic (exact) mass is 464 g/mol. The quantitative estimate of drug-likeness (QED) is 0.465. The van der Waals surface area contributed by atoms with E-state index in [-0.39, 0.29) is 0 Å². The standard InChI is InChI=1S/C27H33ClN4O/c1-16-6-8-19-24(12-17(2)26(16)19)33-25-14-23-22(30-25)13-20(28)27(31-23)21-9-7-18(15-29-21)32-10-4-3-5-11-32/h7,9,13-17,19,24,26,30H,3-6,8,10-12H2,1-2H3. The molecule has 6 heteroatoms. The maximum Gasteiger partial charge on any atom is 0.193 e. The first-order valence-electron chi connectivity index (χ1n) is 12.6. The fraction of sp³-hybridized carbons (Fsp3) is 0.556. The van der Waals surface area contributed by atoms with Crippen molar-refractivity contribution in [3.8, 4) is 17.3 Å². The van der Waals surface area contributed by atoms with E-state index in [1.54, 1.807) is 0 Å². The fourth-order valence-electron chi connectivity index (χ4n) is 6.79. The Hall–Kier alpha value is -2.27. The summed E-state index contributed by atoms with van der Waals surface area (Å²) in [5, 5.41) is 0.605. The summed E-state index contributed by atoms with van der Waals surface area (Å²) in [5.74, 6) is 3.84. The van der Waals surface area contributed by atoms with Crippen molar-refractivity contribution in [3.05, 3.63) is 35.5 Å². The summed E-state index contributed by atoms with van der Waals surface area (Å²) in [6.45, 7) is 7.02. The molecule has 0 bridgehead atoms. The van der Waals surface area contributed by atoms with Gasteiger partial charge in [0.25, 0.3) is 0 Å². The van der Waals surface area contributed by atoms with Crippen LogP contribution in [0, 0.1) is 23.7 Å². The summed E-state index contributed by atoms with van der Waals surface area (Å²) in [7, 11) is 0. The van der Waals surface area contributed by atoms with Crippen LogP contribution in [-0.2, 0) is 0 Å². The highest BCUT2D eigenvalue weighted by Gasteiger charge is 2.48. The SMILES string of the molecule is CC1CCC2C(Oc3cc4nc(-c5ccc(N6CCCCC6)cn5)c(Cl)cc4[nH]3)CC(C)C12. The van der Waals surface area contributed by atoms with Crippen LogP contribution in [0.2, 0.25) is 5.02 Å². The van der Waals surface area contributed by atoms with Crippen molar-refractivity contribution in [2.45, 2.75) is 58.5 Å². The minimum absolute atomic E-state index is 0.293. The first-order valence-corrected chi connectivity index (χ1v) is 13.0. The number of pyridine rings is 2. The number of hydrogen-bond donors (Lipinski definition) is 1. The van der Waals surface area contributed by atoms with Gasteiger partial charge in [-0.05, 0) is 74.0 Å². The summed E-state index contributed by atoms with van der Waals surface area (Å²) < 4.78 is 6.50. The molecule has 1 aliphatic heterocycles. The molecule has 3 aliphatic rings. The van der Waals surface area contributed by atoms with Gasteiger partial charge in [0.1, 0.15) is 11.8 Å². The third kappa shape index (κ3) is 3.88. The van der Waals surface area contributed by atoms with E-state index < -0.39 is 0 Å². The molecule has 3 fully saturated rings. The first-order chi connectivity index (χ1) is 16.1. The van der Waals surface area contributed by atoms with Gasteiger partial charge in [0.15, 0.2) is 5.88 Å². The molecule has 0 radical (unpaired) electrons. The number of piperidine rings is 1. The third-order valence-corrected chi connectivity index (χ3v) is 8.65. The number of rotatable bonds is 4. The number of aromatic amines is 1. The van der Waals surface area contributed by atoms with Crippen LogP contribution in [-0.4, -0.2) is 34.1 Å². The van der Waals surface area contributed by atoms with Crippen molar-refractivity contribution in [2.75, 3.05) is 18.0 Å². The maximum atomic E-state index is 6.64. The molecule has 1 saturated heterocycles. The molecular formula is C27H33ClN4O. The average molecular weight is 465 g/mol. The number of nitrogens with one attached hydrogen (secondary N) is 1. The predicted molar refractivity (Wildman–Crippen MR) is 134 cm³/mol. The summed E-state index contributed by atoms with van der Waals surface area (Å²) >= 11 is 6.64. The molecule has 3 aromatic rings. The summed E-state index contributed by atoms with van der Waals surface area (Å²) in [5.41, 5.74) is 4.48. The Morgan fingerprint density at radius 1 is 1.06 bits per heavy atom. The van der Waals surface area contributed by atoms with E-state index in [9.17, 15) is 0 Å². The van der Waals surface area contributed by atoms with Gasteiger partial charge in [0.2, 0.25) is 0 Å². The van der Waals surface area contributed by atoms with Crippen LogP contribution in [0.3, 0.4) is 0 Å². The van der Waals surface area contributed by atoms with E-state index >= 15 is 0 Å². The molecule has 0 spiro atoms. The van der Waals surface area contributed by atoms with E-state index in [0.717, 1.165) is 65.6 Å². The van der Waals surface area contributed by atoms with Gasteiger partial charge in [0, 0.05) is 19.2 Å². The van der Waals surface area contributed by atoms with E-state index in [0.29, 0.717) is 17.0 Å². The largest absolute Gasteiger partial charge is 0.475 e. The molecule has 2 aliphatic carbocycles. The van der Waals surface area contributed by atoms with Gasteiger partial charge < -0.3 is 14.6 Å². The van der Waals surface area contributed by atoms with Gasteiger partial charge in [-0.2, -0.15) is 0 Å². The lowest BCUT2D eigenvalue weighted by molar-refractivity contribution is 0.144. The lowest BCUT2D eigenvalue weighted by Gasteiger charge is -2.28. The summed E-state index contributed by atoms with van der Waals surface area (Å²) in [6.07, 6.45) is 9.83. The Labute approximate surface area is 200 Å². The van der Waals surface area contributed by atoms with Crippen molar-refractivity contribution < 1.29 is 4.74 Å². The van der Waals surface area contributed by atoms with E-state index in [1.807, 2.05) is 24.4 Å². The molecule has 4 heterocycles. The molecule has 5 nitrogen and oxygen atoms in total. The number of H-pyrrole nitrogens is 1. The topological polar surface area (TPSA) is 54.0 Å². The lowest BCUT2D eigenvalue weighted by atomic mass is 9.87. The molecule has 3 aromatic heterocycles. The molecule has 33 heavy (non-hydrogen) atoms. The zero-order chi connectivity index (χ0) is 22.5. The van der Waals surface area contributed by atoms with Gasteiger partial charge in [0.05, 0.1) is 33.6 Å². The first kappa shape index (κ1) is 21.3. The van der Waals surface area contributed by atoms with Crippen molar-refractivity contribution in [3.63, 3.8) is 0 Å². The van der Waals surface area contributed by atoms with E-state index in [2.05, 4.69) is 29.8 Å². The highest BCUT2D eigenvalue weighted by molar-refractivity contribution is 6.33. The Balaban J connectivity index is 1.23. The lowest BCUT2D eigenvalue weighted by Crippen LogP contribution is -2.29. The summed E-state index contributed by atoms with van der Waals surface area (Å²) in [4.78, 5) is 15.4. The minimum Gasteiger partial charge on any atom is -0.475 e. The molecule has 2 saturated carbocycles. The molecule has 6 rings (SSSR count). The molecular weight excluding hydrogens is 432 g/mol. The normalized spacial score (nSPS) is 29.5. The second-order valence-electron chi connectivity index (χ2n) is 10.5. The van der Waals surface area contributed by atoms with Gasteiger partial charge in [-0.15, -0.1) is 0 Å². The van der Waals surface area contributed by atoms with Crippen LogP contribution in [0.4, 0.5) is 5.69 Å². The molecule has 5 atom stereocenters. The number of aromatic nitrogens is 3. The van der Waals surface area contributed by atoms with Crippen molar-refractivity contribution in [1.29, 1.82) is 0 Å². The Bertz CT molecular complexity index is 1140. The number of anilines is 1. The fourth-order valence-corrected chi connectivity index (χ4v) is 7.04. The van der Waals surface area contributed by atoms with Gasteiger partial charge >= 0.3 is 0 Å². The molecule has 1 N–H and O–H groups in total. The smallest absolute Gasteiger partial charge is 0.193 e. The number of nitrogens with zero attached hydrogens (tertiary/aromatic N) is 3. The van der Waals surface area contributed by atoms with Crippen molar-refractivity contribution in [1.82, 2.24) is 15.0 Å². The molecule has 0 aromatic carbocycles. The van der Waals surface area contributed by atoms with Crippen LogP contribution in [0.1, 0.15) is 52.4 Å². The zero-order valence-corrected chi connectivity index (χ0v) is 20.3. The Morgan fingerprint density at radius 3 is 2.70 bits per heavy atom. The molecule has 174 valence electrons. The Kier molecular flexibility index (Phi) is 5.48. The second-order valence-corrected chi connectivity index (χ2v) is 10.9.